The highest BCUT2D eigenvalue weighted by atomic mass is 16.6. The van der Waals surface area contributed by atoms with Gasteiger partial charge in [0.1, 0.15) is 0 Å². The van der Waals surface area contributed by atoms with Crippen LogP contribution in [0.4, 0.5) is 17.3 Å². The highest BCUT2D eigenvalue weighted by Crippen LogP contribution is 2.41. The first-order chi connectivity index (χ1) is 12.2. The molecule has 2 aromatic carbocycles. The zero-order valence-electron chi connectivity index (χ0n) is 13.4. The molecule has 3 aromatic rings. The van der Waals surface area contributed by atoms with Gasteiger partial charge in [0.2, 0.25) is 11.6 Å². The van der Waals surface area contributed by atoms with Crippen LogP contribution in [0.1, 0.15) is 0 Å². The van der Waals surface area contributed by atoms with Crippen LogP contribution in [0.25, 0.3) is 22.2 Å². The summed E-state index contributed by atoms with van der Waals surface area (Å²) < 4.78 is 0. The Morgan fingerprint density at radius 1 is 0.880 bits per heavy atom. The Bertz CT molecular complexity index is 978. The summed E-state index contributed by atoms with van der Waals surface area (Å²) in [5, 5.41) is 13.8. The van der Waals surface area contributed by atoms with E-state index >= 15 is 0 Å². The summed E-state index contributed by atoms with van der Waals surface area (Å²) in [4.78, 5) is 24.2. The molecule has 2 saturated heterocycles. The van der Waals surface area contributed by atoms with Gasteiger partial charge in [-0.3, -0.25) is 10.1 Å². The Balaban J connectivity index is 1.71. The van der Waals surface area contributed by atoms with Crippen LogP contribution >= 0.6 is 0 Å². The topological polar surface area (TPSA) is 74.9 Å². The van der Waals surface area contributed by atoms with Crippen molar-refractivity contribution in [1.29, 1.82) is 0 Å². The number of fused-ring (bicyclic) bond motifs is 1. The lowest BCUT2D eigenvalue weighted by atomic mass is 10.1. The van der Waals surface area contributed by atoms with E-state index in [9.17, 15) is 10.1 Å². The first kappa shape index (κ1) is 14.2. The van der Waals surface area contributed by atoms with Crippen molar-refractivity contribution in [3.63, 3.8) is 0 Å². The predicted molar refractivity (Wildman–Crippen MR) is 96.1 cm³/mol. The maximum absolute atomic E-state index is 11.6. The van der Waals surface area contributed by atoms with Crippen LogP contribution < -0.4 is 9.80 Å². The molecule has 1 aromatic heterocycles. The van der Waals surface area contributed by atoms with E-state index < -0.39 is 0 Å². The van der Waals surface area contributed by atoms with E-state index in [1.54, 1.807) is 0 Å². The van der Waals surface area contributed by atoms with Crippen LogP contribution in [0.3, 0.4) is 0 Å². The van der Waals surface area contributed by atoms with Crippen molar-refractivity contribution >= 4 is 28.1 Å². The van der Waals surface area contributed by atoms with Crippen molar-refractivity contribution in [3.05, 3.63) is 52.6 Å². The molecule has 2 aliphatic rings. The zero-order valence-corrected chi connectivity index (χ0v) is 13.4. The van der Waals surface area contributed by atoms with E-state index in [4.69, 9.17) is 0 Å². The number of hydrogen-bond donors (Lipinski definition) is 0. The molecule has 2 aliphatic heterocycles. The van der Waals surface area contributed by atoms with Crippen LogP contribution in [-0.2, 0) is 0 Å². The molecule has 2 fully saturated rings. The Morgan fingerprint density at radius 2 is 1.48 bits per heavy atom. The third-order valence-corrected chi connectivity index (χ3v) is 4.53. The van der Waals surface area contributed by atoms with E-state index in [-0.39, 0.29) is 10.6 Å². The van der Waals surface area contributed by atoms with Gasteiger partial charge in [0, 0.05) is 31.7 Å². The highest BCUT2D eigenvalue weighted by molar-refractivity contribution is 5.87. The monoisotopic (exact) mass is 333 g/mol. The first-order valence-electron chi connectivity index (χ1n) is 8.26. The van der Waals surface area contributed by atoms with E-state index in [1.807, 2.05) is 46.2 Å². The van der Waals surface area contributed by atoms with Crippen LogP contribution in [0.2, 0.25) is 0 Å². The lowest BCUT2D eigenvalue weighted by Gasteiger charge is -2.11. The average molecular weight is 333 g/mol. The normalized spacial score (nSPS) is 15.5. The molecule has 0 radical (unpaired) electrons. The van der Waals surface area contributed by atoms with Gasteiger partial charge in [-0.1, -0.05) is 36.4 Å². The summed E-state index contributed by atoms with van der Waals surface area (Å²) in [6.45, 7) is 3.20. The molecular formula is C18H15N5O2. The largest absolute Gasteiger partial charge is 0.353 e. The van der Waals surface area contributed by atoms with E-state index in [0.29, 0.717) is 17.5 Å². The van der Waals surface area contributed by atoms with Gasteiger partial charge in [0.25, 0.3) is 0 Å². The molecule has 124 valence electrons. The molecule has 0 spiro atoms. The zero-order chi connectivity index (χ0) is 17.0. The number of benzene rings is 2. The standard InChI is InChI=1S/C18H15N5O2/c24-23(25)15-17(21-7-8-21)19-16(20-18(15)22-9-10-22)14-6-5-12-3-1-2-4-13(12)11-14/h1-6,11H,7-10H2. The molecule has 0 atom stereocenters. The van der Waals surface area contributed by atoms with Gasteiger partial charge in [-0.25, -0.2) is 9.97 Å². The quantitative estimate of drug-likeness (QED) is 0.415. The van der Waals surface area contributed by atoms with E-state index in [0.717, 1.165) is 42.5 Å². The second-order valence-corrected chi connectivity index (χ2v) is 6.34. The molecule has 0 amide bonds. The summed E-state index contributed by atoms with van der Waals surface area (Å²) in [5.41, 5.74) is 0.902. The van der Waals surface area contributed by atoms with E-state index in [2.05, 4.69) is 16.0 Å². The van der Waals surface area contributed by atoms with Gasteiger partial charge < -0.3 is 9.80 Å². The third kappa shape index (κ3) is 2.44. The highest BCUT2D eigenvalue weighted by Gasteiger charge is 2.37. The maximum atomic E-state index is 11.6. The number of rotatable bonds is 4. The average Bonchev–Trinajstić information content (AvgIpc) is 3.52. The third-order valence-electron chi connectivity index (χ3n) is 4.53. The fourth-order valence-corrected chi connectivity index (χ4v) is 3.02. The first-order valence-corrected chi connectivity index (χ1v) is 8.26. The summed E-state index contributed by atoms with van der Waals surface area (Å²) >= 11 is 0. The minimum Gasteiger partial charge on any atom is -0.347 e. The molecule has 7 heteroatoms. The van der Waals surface area contributed by atoms with Gasteiger partial charge in [-0.05, 0) is 16.8 Å². The molecular weight excluding hydrogens is 318 g/mol. The molecule has 3 heterocycles. The molecule has 0 N–H and O–H groups in total. The minimum atomic E-state index is -0.356. The maximum Gasteiger partial charge on any atom is 0.353 e. The number of hydrogen-bond acceptors (Lipinski definition) is 6. The van der Waals surface area contributed by atoms with Crippen LogP contribution in [-0.4, -0.2) is 41.1 Å². The van der Waals surface area contributed by atoms with Crippen molar-refractivity contribution in [3.8, 4) is 11.4 Å². The van der Waals surface area contributed by atoms with Gasteiger partial charge in [-0.15, -0.1) is 0 Å². The van der Waals surface area contributed by atoms with E-state index in [1.165, 1.54) is 0 Å². The molecule has 25 heavy (non-hydrogen) atoms. The van der Waals surface area contributed by atoms with Gasteiger partial charge >= 0.3 is 5.69 Å². The second kappa shape index (κ2) is 5.14. The molecule has 0 aliphatic carbocycles. The summed E-state index contributed by atoms with van der Waals surface area (Å²) in [6, 6.07) is 14.1. The number of nitro groups is 1. The smallest absolute Gasteiger partial charge is 0.347 e. The fraction of sp³-hybridized carbons (Fsp3) is 0.222. The van der Waals surface area contributed by atoms with Crippen molar-refractivity contribution in [2.75, 3.05) is 36.0 Å². The summed E-state index contributed by atoms with van der Waals surface area (Å²) in [5.74, 6) is 1.41. The molecule has 0 bridgehead atoms. The van der Waals surface area contributed by atoms with Crippen molar-refractivity contribution < 1.29 is 4.92 Å². The van der Waals surface area contributed by atoms with Gasteiger partial charge in [0.15, 0.2) is 5.82 Å². The van der Waals surface area contributed by atoms with Gasteiger partial charge in [0.05, 0.1) is 4.92 Å². The van der Waals surface area contributed by atoms with Crippen LogP contribution in [0.5, 0.6) is 0 Å². The number of aromatic nitrogens is 2. The van der Waals surface area contributed by atoms with Crippen molar-refractivity contribution in [2.45, 2.75) is 0 Å². The van der Waals surface area contributed by atoms with Crippen LogP contribution in [0, 0.1) is 10.1 Å². The molecule has 5 rings (SSSR count). The van der Waals surface area contributed by atoms with Crippen molar-refractivity contribution in [1.82, 2.24) is 9.97 Å². The fourth-order valence-electron chi connectivity index (χ4n) is 3.02. The van der Waals surface area contributed by atoms with Crippen LogP contribution in [0.15, 0.2) is 42.5 Å². The number of nitrogens with zero attached hydrogens (tertiary/aromatic N) is 5. The van der Waals surface area contributed by atoms with Gasteiger partial charge in [-0.2, -0.15) is 0 Å². The Hall–Kier alpha value is -3.22. The SMILES string of the molecule is O=[N+]([O-])c1c(N2CC2)nc(-c2ccc3ccccc3c2)nc1N1CC1. The molecule has 7 nitrogen and oxygen atoms in total. The molecule has 0 saturated carbocycles. The minimum absolute atomic E-state index is 0.0274. The lowest BCUT2D eigenvalue weighted by molar-refractivity contribution is -0.383. The predicted octanol–water partition coefficient (Wildman–Crippen LogP) is 2.85. The lowest BCUT2D eigenvalue weighted by Crippen LogP contribution is -2.09. The number of anilines is 2. The second-order valence-electron chi connectivity index (χ2n) is 6.34. The summed E-state index contributed by atoms with van der Waals surface area (Å²) in [7, 11) is 0. The van der Waals surface area contributed by atoms with Crippen molar-refractivity contribution in [2.24, 2.45) is 0 Å². The Morgan fingerprint density at radius 3 is 2.04 bits per heavy atom. The Kier molecular flexibility index (Phi) is 2.91. The Labute approximate surface area is 143 Å². The molecule has 0 unspecified atom stereocenters. The summed E-state index contributed by atoms with van der Waals surface area (Å²) in [6.07, 6.45) is 0.